The minimum absolute atomic E-state index is 0.338. The Morgan fingerprint density at radius 2 is 2.13 bits per heavy atom. The molecule has 0 fully saturated rings. The van der Waals surface area contributed by atoms with Gasteiger partial charge in [0.05, 0.1) is 4.88 Å². The lowest BCUT2D eigenvalue weighted by Crippen LogP contribution is -2.31. The Hall–Kier alpha value is -2.72. The topological polar surface area (TPSA) is 92.1 Å². The lowest BCUT2D eigenvalue weighted by molar-refractivity contribution is 0.0855. The molecule has 2 heterocycles. The zero-order chi connectivity index (χ0) is 17.0. The molecule has 118 valence electrons. The largest absolute Gasteiger partial charge is 0.441 e. The zero-order valence-corrected chi connectivity index (χ0v) is 13.7. The van der Waals surface area contributed by atoms with Gasteiger partial charge in [-0.2, -0.15) is 5.26 Å². The summed E-state index contributed by atoms with van der Waals surface area (Å²) in [6.07, 6.45) is 1.84. The van der Waals surface area contributed by atoms with Crippen LogP contribution in [0.4, 0.5) is 4.79 Å². The summed E-state index contributed by atoms with van der Waals surface area (Å²) in [5.41, 5.74) is 2.17. The molecule has 23 heavy (non-hydrogen) atoms. The quantitative estimate of drug-likeness (QED) is 0.933. The van der Waals surface area contributed by atoms with Gasteiger partial charge in [-0.25, -0.2) is 4.79 Å². The first-order chi connectivity index (χ1) is 10.9. The summed E-state index contributed by atoms with van der Waals surface area (Å²) in [6, 6.07) is 5.55. The van der Waals surface area contributed by atoms with Crippen LogP contribution in [0.25, 0.3) is 0 Å². The SMILES string of the molecule is Cc1c(C#N)sc(C(=O)NC(=O)O[C@H](C)c2cccnc2)c1C. The summed E-state index contributed by atoms with van der Waals surface area (Å²) in [4.78, 5) is 28.7. The summed E-state index contributed by atoms with van der Waals surface area (Å²) in [7, 11) is 0. The number of aromatic nitrogens is 1. The van der Waals surface area contributed by atoms with Gasteiger partial charge in [0.1, 0.15) is 17.1 Å². The second kappa shape index (κ2) is 7.03. The van der Waals surface area contributed by atoms with Crippen molar-refractivity contribution >= 4 is 23.3 Å². The molecule has 0 aliphatic rings. The van der Waals surface area contributed by atoms with Crippen LogP contribution in [0.1, 0.15) is 44.3 Å². The minimum atomic E-state index is -0.838. The molecule has 0 spiro atoms. The molecule has 0 aliphatic carbocycles. The Kier molecular flexibility index (Phi) is 5.09. The van der Waals surface area contributed by atoms with Gasteiger partial charge in [-0.3, -0.25) is 15.1 Å². The number of hydrogen-bond donors (Lipinski definition) is 1. The van der Waals surface area contributed by atoms with Crippen molar-refractivity contribution in [2.24, 2.45) is 0 Å². The molecule has 0 aromatic carbocycles. The summed E-state index contributed by atoms with van der Waals surface area (Å²) in [5, 5.41) is 11.2. The number of nitrogens with zero attached hydrogens (tertiary/aromatic N) is 2. The number of nitrogens with one attached hydrogen (secondary N) is 1. The van der Waals surface area contributed by atoms with E-state index in [2.05, 4.69) is 10.3 Å². The monoisotopic (exact) mass is 329 g/mol. The summed E-state index contributed by atoms with van der Waals surface area (Å²) < 4.78 is 5.16. The zero-order valence-electron chi connectivity index (χ0n) is 12.9. The van der Waals surface area contributed by atoms with E-state index in [9.17, 15) is 9.59 Å². The first-order valence-corrected chi connectivity index (χ1v) is 7.67. The van der Waals surface area contributed by atoms with Gasteiger partial charge in [0.2, 0.25) is 0 Å². The number of rotatable bonds is 3. The number of nitriles is 1. The molecule has 2 rings (SSSR count). The highest BCUT2D eigenvalue weighted by Gasteiger charge is 2.21. The van der Waals surface area contributed by atoms with Crippen LogP contribution in [-0.4, -0.2) is 17.0 Å². The summed E-state index contributed by atoms with van der Waals surface area (Å²) in [6.45, 7) is 5.20. The van der Waals surface area contributed by atoms with E-state index in [-0.39, 0.29) is 0 Å². The molecule has 7 heteroatoms. The van der Waals surface area contributed by atoms with E-state index in [0.717, 1.165) is 22.5 Å². The third-order valence-corrected chi connectivity index (χ3v) is 4.71. The number of carbonyl (C=O) groups excluding carboxylic acids is 2. The van der Waals surface area contributed by atoms with Crippen molar-refractivity contribution in [3.8, 4) is 6.07 Å². The fourth-order valence-electron chi connectivity index (χ4n) is 1.94. The van der Waals surface area contributed by atoms with Crippen molar-refractivity contribution in [1.29, 1.82) is 5.26 Å². The van der Waals surface area contributed by atoms with Gasteiger partial charge in [0.25, 0.3) is 5.91 Å². The predicted octanol–water partition coefficient (Wildman–Crippen LogP) is 3.26. The molecule has 6 nitrogen and oxygen atoms in total. The second-order valence-electron chi connectivity index (χ2n) is 4.91. The van der Waals surface area contributed by atoms with Gasteiger partial charge in [-0.1, -0.05) is 6.07 Å². The van der Waals surface area contributed by atoms with E-state index in [0.29, 0.717) is 15.3 Å². The van der Waals surface area contributed by atoms with Crippen LogP contribution in [0.3, 0.4) is 0 Å². The third-order valence-electron chi connectivity index (χ3n) is 3.41. The average Bonchev–Trinajstić information content (AvgIpc) is 2.83. The number of carbonyl (C=O) groups is 2. The molecular weight excluding hydrogens is 314 g/mol. The second-order valence-corrected chi connectivity index (χ2v) is 5.93. The van der Waals surface area contributed by atoms with E-state index < -0.39 is 18.1 Å². The highest BCUT2D eigenvalue weighted by molar-refractivity contribution is 7.15. The molecular formula is C16H15N3O3S. The Labute approximate surface area is 137 Å². The van der Waals surface area contributed by atoms with Crippen molar-refractivity contribution < 1.29 is 14.3 Å². The molecule has 2 aromatic heterocycles. The van der Waals surface area contributed by atoms with Crippen LogP contribution in [0.5, 0.6) is 0 Å². The van der Waals surface area contributed by atoms with Crippen molar-refractivity contribution in [2.45, 2.75) is 26.9 Å². The van der Waals surface area contributed by atoms with Gasteiger partial charge in [-0.05, 0) is 38.0 Å². The Bertz CT molecular complexity index is 778. The van der Waals surface area contributed by atoms with Crippen LogP contribution >= 0.6 is 11.3 Å². The fraction of sp³-hybridized carbons (Fsp3) is 0.250. The molecule has 1 atom stereocenters. The maximum atomic E-state index is 12.2. The molecule has 0 unspecified atom stereocenters. The lowest BCUT2D eigenvalue weighted by Gasteiger charge is -2.13. The Morgan fingerprint density at radius 3 is 2.70 bits per heavy atom. The van der Waals surface area contributed by atoms with E-state index in [1.54, 1.807) is 45.3 Å². The normalized spacial score (nSPS) is 11.4. The van der Waals surface area contributed by atoms with Crippen LogP contribution in [0.2, 0.25) is 0 Å². The predicted molar refractivity (Wildman–Crippen MR) is 85.1 cm³/mol. The first kappa shape index (κ1) is 16.6. The third kappa shape index (κ3) is 3.73. The minimum Gasteiger partial charge on any atom is -0.441 e. The number of hydrogen-bond acceptors (Lipinski definition) is 6. The fourth-order valence-corrected chi connectivity index (χ4v) is 2.95. The number of pyridine rings is 1. The maximum absolute atomic E-state index is 12.2. The Morgan fingerprint density at radius 1 is 1.39 bits per heavy atom. The lowest BCUT2D eigenvalue weighted by atomic mass is 10.1. The van der Waals surface area contributed by atoms with E-state index in [1.165, 1.54) is 0 Å². The van der Waals surface area contributed by atoms with Gasteiger partial charge in [0, 0.05) is 18.0 Å². The average molecular weight is 329 g/mol. The molecule has 0 bridgehead atoms. The number of ether oxygens (including phenoxy) is 1. The van der Waals surface area contributed by atoms with E-state index in [4.69, 9.17) is 10.00 Å². The first-order valence-electron chi connectivity index (χ1n) is 6.86. The summed E-state index contributed by atoms with van der Waals surface area (Å²) >= 11 is 1.06. The maximum Gasteiger partial charge on any atom is 0.414 e. The molecule has 0 aliphatic heterocycles. The van der Waals surface area contributed by atoms with Gasteiger partial charge < -0.3 is 4.74 Å². The number of thiophene rings is 1. The van der Waals surface area contributed by atoms with Crippen LogP contribution in [-0.2, 0) is 4.74 Å². The van der Waals surface area contributed by atoms with Crippen molar-refractivity contribution in [2.75, 3.05) is 0 Å². The molecule has 2 amide bonds. The standard InChI is InChI=1S/C16H15N3O3S/c1-9-10(2)14(23-13(9)7-17)15(20)19-16(21)22-11(3)12-5-4-6-18-8-12/h4-6,8,11H,1-3H3,(H,19,20,21)/t11-/m1/s1. The number of amides is 2. The van der Waals surface area contributed by atoms with E-state index in [1.807, 2.05) is 6.07 Å². The van der Waals surface area contributed by atoms with Gasteiger partial charge in [-0.15, -0.1) is 11.3 Å². The smallest absolute Gasteiger partial charge is 0.414 e. The molecule has 0 saturated carbocycles. The van der Waals surface area contributed by atoms with Crippen molar-refractivity contribution in [3.05, 3.63) is 51.0 Å². The van der Waals surface area contributed by atoms with Crippen LogP contribution in [0.15, 0.2) is 24.5 Å². The van der Waals surface area contributed by atoms with Crippen molar-refractivity contribution in [1.82, 2.24) is 10.3 Å². The highest BCUT2D eigenvalue weighted by Crippen LogP contribution is 2.26. The highest BCUT2D eigenvalue weighted by atomic mass is 32.1. The number of alkyl carbamates (subject to hydrolysis) is 1. The number of imide groups is 1. The molecule has 2 aromatic rings. The van der Waals surface area contributed by atoms with Crippen LogP contribution in [0, 0.1) is 25.2 Å². The van der Waals surface area contributed by atoms with Crippen molar-refractivity contribution in [3.63, 3.8) is 0 Å². The molecule has 1 N–H and O–H groups in total. The molecule has 0 saturated heterocycles. The van der Waals surface area contributed by atoms with E-state index >= 15 is 0 Å². The van der Waals surface area contributed by atoms with Gasteiger partial charge in [0.15, 0.2) is 0 Å². The Balaban J connectivity index is 2.03. The molecule has 0 radical (unpaired) electrons. The van der Waals surface area contributed by atoms with Gasteiger partial charge >= 0.3 is 6.09 Å². The summed E-state index contributed by atoms with van der Waals surface area (Å²) in [5.74, 6) is -0.569. The van der Waals surface area contributed by atoms with Crippen LogP contribution < -0.4 is 5.32 Å².